The zero-order chi connectivity index (χ0) is 19.9. The van der Waals surface area contributed by atoms with Gasteiger partial charge in [0.1, 0.15) is 0 Å². The van der Waals surface area contributed by atoms with Gasteiger partial charge in [0.05, 0.1) is 0 Å². The molecule has 0 radical (unpaired) electrons. The highest BCUT2D eigenvalue weighted by Crippen LogP contribution is 2.21. The number of nitrogens with zero attached hydrogens (tertiary/aromatic N) is 2. The first-order valence-electron chi connectivity index (χ1n) is 10.3. The Morgan fingerprint density at radius 1 is 0.786 bits per heavy atom. The van der Waals surface area contributed by atoms with Crippen molar-refractivity contribution in [1.29, 1.82) is 0 Å². The van der Waals surface area contributed by atoms with E-state index in [-0.39, 0.29) is 11.8 Å². The van der Waals surface area contributed by atoms with Crippen molar-refractivity contribution in [2.45, 2.75) is 65.2 Å². The lowest BCUT2D eigenvalue weighted by Gasteiger charge is -2.19. The fourth-order valence-corrected chi connectivity index (χ4v) is 3.89. The van der Waals surface area contributed by atoms with E-state index in [9.17, 15) is 9.59 Å². The highest BCUT2D eigenvalue weighted by atomic mass is 16.2. The van der Waals surface area contributed by atoms with Crippen LogP contribution in [0.25, 0.3) is 0 Å². The normalized spacial score (nSPS) is 25.5. The van der Waals surface area contributed by atoms with Crippen molar-refractivity contribution in [1.82, 2.24) is 10.9 Å². The summed E-state index contributed by atoms with van der Waals surface area (Å²) in [5.74, 6) is 0.744. The molecule has 2 saturated carbocycles. The summed E-state index contributed by atoms with van der Waals surface area (Å²) in [6, 6.07) is 6.57. The first kappa shape index (κ1) is 20.2. The molecule has 0 bridgehead atoms. The summed E-state index contributed by atoms with van der Waals surface area (Å²) in [7, 11) is 0. The number of amides is 2. The number of nitrogens with one attached hydrogen (secondary N) is 2. The highest BCUT2D eigenvalue weighted by Gasteiger charge is 2.16. The first-order chi connectivity index (χ1) is 13.5. The quantitative estimate of drug-likeness (QED) is 0.762. The second-order valence-corrected chi connectivity index (χ2v) is 8.22. The average molecular weight is 383 g/mol. The molecule has 6 heteroatoms. The molecule has 150 valence electrons. The summed E-state index contributed by atoms with van der Waals surface area (Å²) in [6.45, 7) is 4.42. The van der Waals surface area contributed by atoms with Crippen molar-refractivity contribution < 1.29 is 9.59 Å². The van der Waals surface area contributed by atoms with Gasteiger partial charge in [-0.3, -0.25) is 9.59 Å². The Morgan fingerprint density at radius 3 is 1.54 bits per heavy atom. The molecule has 2 aliphatic rings. The topological polar surface area (TPSA) is 82.9 Å². The number of hydrazone groups is 2. The number of hydrogen-bond acceptors (Lipinski definition) is 4. The summed E-state index contributed by atoms with van der Waals surface area (Å²) in [4.78, 5) is 24.5. The molecule has 0 aromatic heterocycles. The smallest absolute Gasteiger partial charge is 0.267 e. The van der Waals surface area contributed by atoms with E-state index in [2.05, 4.69) is 34.9 Å². The molecule has 0 heterocycles. The van der Waals surface area contributed by atoms with Crippen molar-refractivity contribution in [2.24, 2.45) is 22.0 Å². The van der Waals surface area contributed by atoms with Crippen LogP contribution in [0.3, 0.4) is 0 Å². The lowest BCUT2D eigenvalue weighted by atomic mass is 9.89. The van der Waals surface area contributed by atoms with Gasteiger partial charge in [0.15, 0.2) is 0 Å². The van der Waals surface area contributed by atoms with Crippen LogP contribution in [0.1, 0.15) is 85.9 Å². The zero-order valence-electron chi connectivity index (χ0n) is 16.8. The van der Waals surface area contributed by atoms with Crippen molar-refractivity contribution in [3.05, 3.63) is 35.4 Å². The van der Waals surface area contributed by atoms with Gasteiger partial charge in [0, 0.05) is 22.6 Å². The Bertz CT molecular complexity index is 702. The number of rotatable bonds is 4. The molecule has 6 nitrogen and oxygen atoms in total. The largest absolute Gasteiger partial charge is 0.271 e. The first-order valence-corrected chi connectivity index (χ1v) is 10.3. The summed E-state index contributed by atoms with van der Waals surface area (Å²) in [5, 5.41) is 8.55. The summed E-state index contributed by atoms with van der Waals surface area (Å²) in [6.07, 6.45) is 8.49. The van der Waals surface area contributed by atoms with E-state index < -0.39 is 0 Å². The minimum atomic E-state index is -0.255. The second kappa shape index (κ2) is 9.62. The number of hydrogen-bond donors (Lipinski definition) is 2. The van der Waals surface area contributed by atoms with Crippen molar-refractivity contribution in [3.63, 3.8) is 0 Å². The van der Waals surface area contributed by atoms with Gasteiger partial charge < -0.3 is 0 Å². The van der Waals surface area contributed by atoms with Crippen LogP contribution >= 0.6 is 0 Å². The molecule has 0 aliphatic heterocycles. The molecule has 2 aliphatic carbocycles. The Morgan fingerprint density at radius 2 is 1.18 bits per heavy atom. The number of benzene rings is 1. The minimum absolute atomic E-state index is 0.255. The summed E-state index contributed by atoms with van der Waals surface area (Å²) < 4.78 is 0. The molecule has 1 aromatic rings. The fourth-order valence-electron chi connectivity index (χ4n) is 3.89. The highest BCUT2D eigenvalue weighted by molar-refractivity contribution is 5.99. The van der Waals surface area contributed by atoms with E-state index in [0.717, 1.165) is 49.9 Å². The van der Waals surface area contributed by atoms with E-state index >= 15 is 0 Å². The van der Waals surface area contributed by atoms with Crippen LogP contribution in [-0.4, -0.2) is 23.2 Å². The molecule has 0 saturated heterocycles. The maximum absolute atomic E-state index is 12.3. The van der Waals surface area contributed by atoms with Gasteiger partial charge in [-0.15, -0.1) is 0 Å². The standard InChI is InChI=1S/C22H30N4O2/c1-15-5-3-7-19(13-15)23-25-21(27)17-9-11-18(12-10-17)22(28)26-24-20-8-4-6-16(2)14-20/h9-12,15-16H,3-8,13-14H2,1-2H3,(H,25,27)(H,26,28)/b23-19+,24-20+. The third-order valence-electron chi connectivity index (χ3n) is 5.53. The lowest BCUT2D eigenvalue weighted by molar-refractivity contribution is 0.0942. The Hall–Kier alpha value is -2.50. The molecule has 1 aromatic carbocycles. The van der Waals surface area contributed by atoms with Crippen LogP contribution in [0, 0.1) is 11.8 Å². The predicted molar refractivity (Wildman–Crippen MR) is 112 cm³/mol. The predicted octanol–water partition coefficient (Wildman–Crippen LogP) is 4.28. The molecular formula is C22H30N4O2. The van der Waals surface area contributed by atoms with Crippen molar-refractivity contribution in [3.8, 4) is 0 Å². The SMILES string of the molecule is CC1CCC/C(=N\NC(=O)c2ccc(C(=O)N/N=C3\CCCC(C)C3)cc2)C1. The summed E-state index contributed by atoms with van der Waals surface area (Å²) >= 11 is 0. The molecule has 2 unspecified atom stereocenters. The Balaban J connectivity index is 1.53. The van der Waals surface area contributed by atoms with Gasteiger partial charge in [0.2, 0.25) is 0 Å². The maximum Gasteiger partial charge on any atom is 0.271 e. The van der Waals surface area contributed by atoms with Crippen LogP contribution in [0.5, 0.6) is 0 Å². The van der Waals surface area contributed by atoms with Gasteiger partial charge in [-0.2, -0.15) is 10.2 Å². The third-order valence-corrected chi connectivity index (χ3v) is 5.53. The minimum Gasteiger partial charge on any atom is -0.267 e. The van der Waals surface area contributed by atoms with Crippen LogP contribution in [0.15, 0.2) is 34.5 Å². The van der Waals surface area contributed by atoms with E-state index in [1.54, 1.807) is 24.3 Å². The van der Waals surface area contributed by atoms with Crippen molar-refractivity contribution in [2.75, 3.05) is 0 Å². The Labute approximate surface area is 166 Å². The molecule has 28 heavy (non-hydrogen) atoms. The van der Waals surface area contributed by atoms with E-state index in [4.69, 9.17) is 0 Å². The van der Waals surface area contributed by atoms with Crippen LogP contribution < -0.4 is 10.9 Å². The summed E-state index contributed by atoms with van der Waals surface area (Å²) in [5.41, 5.74) is 8.35. The molecule has 2 atom stereocenters. The molecule has 2 amide bonds. The Kier molecular flexibility index (Phi) is 6.95. The van der Waals surface area contributed by atoms with Crippen LogP contribution in [-0.2, 0) is 0 Å². The van der Waals surface area contributed by atoms with E-state index in [1.807, 2.05) is 0 Å². The number of carbonyl (C=O) groups excluding carboxylic acids is 2. The second-order valence-electron chi connectivity index (χ2n) is 8.22. The molecule has 2 N–H and O–H groups in total. The molecule has 2 fully saturated rings. The van der Waals surface area contributed by atoms with Gasteiger partial charge in [-0.1, -0.05) is 13.8 Å². The van der Waals surface area contributed by atoms with Crippen LogP contribution in [0.4, 0.5) is 0 Å². The maximum atomic E-state index is 12.3. The monoisotopic (exact) mass is 382 g/mol. The molecule has 3 rings (SSSR count). The third kappa shape index (κ3) is 5.75. The fraction of sp³-hybridized carbons (Fsp3) is 0.545. The molecular weight excluding hydrogens is 352 g/mol. The zero-order valence-corrected chi connectivity index (χ0v) is 16.8. The van der Waals surface area contributed by atoms with Crippen molar-refractivity contribution >= 4 is 23.2 Å². The van der Waals surface area contributed by atoms with Gasteiger partial charge in [-0.05, 0) is 87.5 Å². The van der Waals surface area contributed by atoms with Gasteiger partial charge in [-0.25, -0.2) is 10.9 Å². The van der Waals surface area contributed by atoms with E-state index in [1.165, 1.54) is 12.8 Å². The van der Waals surface area contributed by atoms with Crippen LogP contribution in [0.2, 0.25) is 0 Å². The van der Waals surface area contributed by atoms with Gasteiger partial charge >= 0.3 is 0 Å². The van der Waals surface area contributed by atoms with Gasteiger partial charge in [0.25, 0.3) is 11.8 Å². The average Bonchev–Trinajstić information content (AvgIpc) is 2.70. The number of carbonyl (C=O) groups is 2. The molecule has 0 spiro atoms. The lowest BCUT2D eigenvalue weighted by Crippen LogP contribution is -2.23. The van der Waals surface area contributed by atoms with E-state index in [0.29, 0.717) is 23.0 Å².